The number of rotatable bonds is 2. The number of pyridine rings is 1. The Balaban J connectivity index is 1.69. The minimum absolute atomic E-state index is 0.0645. The summed E-state index contributed by atoms with van der Waals surface area (Å²) in [5.41, 5.74) is 1.32. The number of hydrogen-bond acceptors (Lipinski definition) is 4. The largest absolute Gasteiger partial charge is 0.339 e. The van der Waals surface area contributed by atoms with Gasteiger partial charge in [-0.2, -0.15) is 0 Å². The Hall–Kier alpha value is -1.46. The maximum atomic E-state index is 11.8. The van der Waals surface area contributed by atoms with E-state index in [0.29, 0.717) is 6.04 Å². The Bertz CT molecular complexity index is 531. The van der Waals surface area contributed by atoms with E-state index in [9.17, 15) is 4.79 Å². The van der Waals surface area contributed by atoms with Crippen molar-refractivity contribution in [1.82, 2.24) is 19.7 Å². The number of carbonyl (C=O) groups is 1. The van der Waals surface area contributed by atoms with Crippen LogP contribution in [0.15, 0.2) is 24.5 Å². The average Bonchev–Trinajstić information content (AvgIpc) is 2.47. The molecule has 3 heterocycles. The predicted molar refractivity (Wildman–Crippen MR) is 86.3 cm³/mol. The number of piperazine rings is 2. The molecule has 2 aliphatic rings. The monoisotopic (exact) mass is 302 g/mol. The molecule has 22 heavy (non-hydrogen) atoms. The number of fused-ring (bicyclic) bond motifs is 1. The first-order valence-corrected chi connectivity index (χ1v) is 8.09. The highest BCUT2D eigenvalue weighted by Crippen LogP contribution is 2.28. The summed E-state index contributed by atoms with van der Waals surface area (Å²) in [5, 5.41) is 0. The molecular formula is C17H26N4O. The van der Waals surface area contributed by atoms with Crippen molar-refractivity contribution >= 4 is 5.91 Å². The third kappa shape index (κ3) is 3.15. The molecule has 0 aliphatic carbocycles. The van der Waals surface area contributed by atoms with Gasteiger partial charge in [0.05, 0.1) is 0 Å². The first-order chi connectivity index (χ1) is 10.5. The van der Waals surface area contributed by atoms with Crippen molar-refractivity contribution in [2.24, 2.45) is 0 Å². The Morgan fingerprint density at radius 2 is 2.18 bits per heavy atom. The minimum atomic E-state index is 0.0645. The molecule has 5 nitrogen and oxygen atoms in total. The number of carbonyl (C=O) groups excluding carboxylic acids is 1. The zero-order valence-corrected chi connectivity index (χ0v) is 13.8. The van der Waals surface area contributed by atoms with E-state index in [-0.39, 0.29) is 11.4 Å². The van der Waals surface area contributed by atoms with Gasteiger partial charge in [0.1, 0.15) is 0 Å². The molecule has 0 spiro atoms. The van der Waals surface area contributed by atoms with Crippen molar-refractivity contribution in [3.8, 4) is 0 Å². The molecule has 0 saturated carbocycles. The molecule has 0 bridgehead atoms. The fourth-order valence-corrected chi connectivity index (χ4v) is 3.88. The van der Waals surface area contributed by atoms with Gasteiger partial charge in [0.25, 0.3) is 0 Å². The van der Waals surface area contributed by atoms with Crippen LogP contribution < -0.4 is 0 Å². The minimum Gasteiger partial charge on any atom is -0.339 e. The lowest BCUT2D eigenvalue weighted by Crippen LogP contribution is -2.70. The highest BCUT2D eigenvalue weighted by atomic mass is 16.2. The van der Waals surface area contributed by atoms with Gasteiger partial charge in [0, 0.05) is 70.2 Å². The Morgan fingerprint density at radius 3 is 2.86 bits per heavy atom. The summed E-state index contributed by atoms with van der Waals surface area (Å²) in [5.74, 6) is 0.192. The van der Waals surface area contributed by atoms with Gasteiger partial charge in [0.2, 0.25) is 5.91 Å². The smallest absolute Gasteiger partial charge is 0.219 e. The quantitative estimate of drug-likeness (QED) is 0.823. The molecular weight excluding hydrogens is 276 g/mol. The average molecular weight is 302 g/mol. The summed E-state index contributed by atoms with van der Waals surface area (Å²) in [4.78, 5) is 23.1. The van der Waals surface area contributed by atoms with E-state index >= 15 is 0 Å². The summed E-state index contributed by atoms with van der Waals surface area (Å²) in [6.07, 6.45) is 3.76. The van der Waals surface area contributed by atoms with Crippen LogP contribution in [0.25, 0.3) is 0 Å². The van der Waals surface area contributed by atoms with Crippen LogP contribution in [0, 0.1) is 0 Å². The fraction of sp³-hybridized carbons (Fsp3) is 0.647. The lowest BCUT2D eigenvalue weighted by Gasteiger charge is -2.55. The topological polar surface area (TPSA) is 39.7 Å². The van der Waals surface area contributed by atoms with E-state index in [1.54, 1.807) is 6.92 Å². The van der Waals surface area contributed by atoms with Crippen LogP contribution in [0.2, 0.25) is 0 Å². The maximum absolute atomic E-state index is 11.8. The molecule has 0 unspecified atom stereocenters. The van der Waals surface area contributed by atoms with Gasteiger partial charge in [-0.15, -0.1) is 0 Å². The first kappa shape index (κ1) is 15.4. The van der Waals surface area contributed by atoms with E-state index in [0.717, 1.165) is 39.3 Å². The highest BCUT2D eigenvalue weighted by molar-refractivity contribution is 5.73. The van der Waals surface area contributed by atoms with Crippen LogP contribution in [0.4, 0.5) is 0 Å². The summed E-state index contributed by atoms with van der Waals surface area (Å²) in [6.45, 7) is 12.0. The SMILES string of the molecule is CC(=O)N1C[C@@H]2CN(Cc3cccnc3)CCN2C(C)(C)C1. The van der Waals surface area contributed by atoms with Crippen molar-refractivity contribution < 1.29 is 4.79 Å². The third-order valence-electron chi connectivity index (χ3n) is 4.93. The predicted octanol–water partition coefficient (Wildman–Crippen LogP) is 1.21. The molecule has 0 N–H and O–H groups in total. The number of nitrogens with zero attached hydrogens (tertiary/aromatic N) is 4. The van der Waals surface area contributed by atoms with E-state index in [2.05, 4.69) is 34.7 Å². The van der Waals surface area contributed by atoms with Gasteiger partial charge in [0.15, 0.2) is 0 Å². The lowest BCUT2D eigenvalue weighted by atomic mass is 9.92. The molecule has 1 amide bonds. The maximum Gasteiger partial charge on any atom is 0.219 e. The second-order valence-electron chi connectivity index (χ2n) is 7.16. The number of amides is 1. The molecule has 5 heteroatoms. The van der Waals surface area contributed by atoms with Crippen LogP contribution in [0.1, 0.15) is 26.3 Å². The summed E-state index contributed by atoms with van der Waals surface area (Å²) >= 11 is 0. The van der Waals surface area contributed by atoms with Crippen LogP contribution in [0.5, 0.6) is 0 Å². The molecule has 2 saturated heterocycles. The molecule has 1 atom stereocenters. The zero-order valence-electron chi connectivity index (χ0n) is 13.8. The molecule has 1 aromatic heterocycles. The Kier molecular flexibility index (Phi) is 4.19. The molecule has 2 aliphatic heterocycles. The summed E-state index contributed by atoms with van der Waals surface area (Å²) in [7, 11) is 0. The molecule has 3 rings (SSSR count). The Morgan fingerprint density at radius 1 is 1.36 bits per heavy atom. The van der Waals surface area contributed by atoms with Gasteiger partial charge in [-0.1, -0.05) is 6.07 Å². The highest BCUT2D eigenvalue weighted by Gasteiger charge is 2.43. The second-order valence-corrected chi connectivity index (χ2v) is 7.16. The fourth-order valence-electron chi connectivity index (χ4n) is 3.88. The van der Waals surface area contributed by atoms with Crippen molar-refractivity contribution in [1.29, 1.82) is 0 Å². The standard InChI is InChI=1S/C17H26N4O/c1-14(22)20-12-16-11-19(10-15-5-4-6-18-9-15)7-8-21(16)17(2,3)13-20/h4-6,9,16H,7-8,10-13H2,1-3H3/t16-/m0/s1. The molecule has 0 aromatic carbocycles. The summed E-state index contributed by atoms with van der Waals surface area (Å²) < 4.78 is 0. The number of hydrogen-bond donors (Lipinski definition) is 0. The van der Waals surface area contributed by atoms with E-state index in [4.69, 9.17) is 0 Å². The second kappa shape index (κ2) is 5.97. The van der Waals surface area contributed by atoms with E-state index in [1.807, 2.05) is 23.4 Å². The van der Waals surface area contributed by atoms with Crippen LogP contribution in [-0.4, -0.2) is 69.9 Å². The molecule has 120 valence electrons. The van der Waals surface area contributed by atoms with Gasteiger partial charge in [-0.3, -0.25) is 19.6 Å². The van der Waals surface area contributed by atoms with Crippen LogP contribution >= 0.6 is 0 Å². The molecule has 2 fully saturated rings. The van der Waals surface area contributed by atoms with Gasteiger partial charge in [-0.05, 0) is 25.5 Å². The van der Waals surface area contributed by atoms with Crippen LogP contribution in [0.3, 0.4) is 0 Å². The van der Waals surface area contributed by atoms with Crippen molar-refractivity contribution in [3.63, 3.8) is 0 Å². The van der Waals surface area contributed by atoms with Crippen molar-refractivity contribution in [3.05, 3.63) is 30.1 Å². The first-order valence-electron chi connectivity index (χ1n) is 8.09. The summed E-state index contributed by atoms with van der Waals surface area (Å²) in [6, 6.07) is 4.55. The number of aromatic nitrogens is 1. The van der Waals surface area contributed by atoms with E-state index in [1.165, 1.54) is 5.56 Å². The zero-order chi connectivity index (χ0) is 15.7. The van der Waals surface area contributed by atoms with Gasteiger partial charge >= 0.3 is 0 Å². The van der Waals surface area contributed by atoms with Crippen molar-refractivity contribution in [2.75, 3.05) is 32.7 Å². The third-order valence-corrected chi connectivity index (χ3v) is 4.93. The lowest BCUT2D eigenvalue weighted by molar-refractivity contribution is -0.139. The Labute approximate surface area is 132 Å². The molecule has 1 aromatic rings. The van der Waals surface area contributed by atoms with Gasteiger partial charge < -0.3 is 4.90 Å². The van der Waals surface area contributed by atoms with Gasteiger partial charge in [-0.25, -0.2) is 0 Å². The van der Waals surface area contributed by atoms with E-state index < -0.39 is 0 Å². The molecule has 0 radical (unpaired) electrons. The van der Waals surface area contributed by atoms with Crippen LogP contribution in [-0.2, 0) is 11.3 Å². The van der Waals surface area contributed by atoms with Crippen molar-refractivity contribution in [2.45, 2.75) is 38.9 Å². The normalized spacial score (nSPS) is 25.8.